The number of hydrogen-bond donors (Lipinski definition) is 2. The summed E-state index contributed by atoms with van der Waals surface area (Å²) in [6.07, 6.45) is 4.88. The van der Waals surface area contributed by atoms with E-state index in [1.165, 1.54) is 6.33 Å². The van der Waals surface area contributed by atoms with Gasteiger partial charge in [0.1, 0.15) is 18.1 Å². The maximum Gasteiger partial charge on any atom is 0.165 e. The summed E-state index contributed by atoms with van der Waals surface area (Å²) in [4.78, 5) is 12.3. The van der Waals surface area contributed by atoms with Crippen LogP contribution in [0, 0.1) is 0 Å². The van der Waals surface area contributed by atoms with E-state index in [0.29, 0.717) is 6.42 Å². The summed E-state index contributed by atoms with van der Waals surface area (Å²) in [6.45, 7) is -0.0702. The molecule has 3 rings (SSSR count). The molecule has 0 aliphatic carbocycles. The lowest BCUT2D eigenvalue weighted by atomic mass is 10.1. The van der Waals surface area contributed by atoms with E-state index in [9.17, 15) is 0 Å². The number of ether oxygens (including phenoxy) is 1. The highest BCUT2D eigenvalue weighted by Crippen LogP contribution is 2.29. The lowest BCUT2D eigenvalue weighted by Gasteiger charge is -2.13. The first-order valence-electron chi connectivity index (χ1n) is 5.44. The number of aromatic nitrogens is 4. The molecule has 7 heteroatoms. The Morgan fingerprint density at radius 1 is 1.53 bits per heavy atom. The Morgan fingerprint density at radius 2 is 2.41 bits per heavy atom. The van der Waals surface area contributed by atoms with E-state index >= 15 is 0 Å². The standard InChI is InChI=1S/C10H13N5O2/c11-6-1-9(17-8(6)3-16)15-5-14-7-2-12-4-13-10(7)15/h2,4-6,8-9,16H,1,3,11H2/t6-,8-,9-/m1/s1. The van der Waals surface area contributed by atoms with Crippen LogP contribution in [-0.4, -0.2) is 43.4 Å². The molecule has 3 atom stereocenters. The van der Waals surface area contributed by atoms with Gasteiger partial charge in [0.25, 0.3) is 0 Å². The van der Waals surface area contributed by atoms with E-state index < -0.39 is 0 Å². The van der Waals surface area contributed by atoms with E-state index in [0.717, 1.165) is 11.2 Å². The van der Waals surface area contributed by atoms with Crippen molar-refractivity contribution in [3.05, 3.63) is 18.9 Å². The first kappa shape index (κ1) is 10.6. The Balaban J connectivity index is 1.95. The van der Waals surface area contributed by atoms with Gasteiger partial charge >= 0.3 is 0 Å². The van der Waals surface area contributed by atoms with Crippen LogP contribution in [0.1, 0.15) is 12.6 Å². The van der Waals surface area contributed by atoms with Crippen LogP contribution in [0.15, 0.2) is 18.9 Å². The summed E-state index contributed by atoms with van der Waals surface area (Å²) in [5.41, 5.74) is 7.32. The van der Waals surface area contributed by atoms with E-state index in [1.54, 1.807) is 12.5 Å². The van der Waals surface area contributed by atoms with Crippen molar-refractivity contribution in [2.24, 2.45) is 5.73 Å². The van der Waals surface area contributed by atoms with Gasteiger partial charge in [-0.1, -0.05) is 0 Å². The molecule has 0 spiro atoms. The van der Waals surface area contributed by atoms with Gasteiger partial charge in [-0.2, -0.15) is 0 Å². The van der Waals surface area contributed by atoms with Crippen LogP contribution < -0.4 is 5.73 Å². The second-order valence-corrected chi connectivity index (χ2v) is 4.09. The van der Waals surface area contributed by atoms with Crippen LogP contribution in [0.4, 0.5) is 0 Å². The molecule has 0 radical (unpaired) electrons. The fraction of sp³-hybridized carbons (Fsp3) is 0.500. The normalized spacial score (nSPS) is 28.9. The van der Waals surface area contributed by atoms with Gasteiger partial charge in [0.05, 0.1) is 25.2 Å². The fourth-order valence-electron chi connectivity index (χ4n) is 2.10. The first-order valence-corrected chi connectivity index (χ1v) is 5.44. The highest BCUT2D eigenvalue weighted by Gasteiger charge is 2.33. The minimum absolute atomic E-state index is 0.0702. The Hall–Kier alpha value is -1.57. The van der Waals surface area contributed by atoms with Crippen molar-refractivity contribution in [2.45, 2.75) is 24.8 Å². The zero-order valence-electron chi connectivity index (χ0n) is 9.10. The Morgan fingerprint density at radius 3 is 3.18 bits per heavy atom. The molecule has 1 saturated heterocycles. The molecule has 17 heavy (non-hydrogen) atoms. The van der Waals surface area contributed by atoms with Crippen molar-refractivity contribution in [3.8, 4) is 0 Å². The van der Waals surface area contributed by atoms with Crippen molar-refractivity contribution in [1.82, 2.24) is 19.5 Å². The van der Waals surface area contributed by atoms with Gasteiger partial charge in [0.2, 0.25) is 0 Å². The first-order chi connectivity index (χ1) is 8.29. The van der Waals surface area contributed by atoms with Crippen LogP contribution in [0.25, 0.3) is 11.2 Å². The average Bonchev–Trinajstić information content (AvgIpc) is 2.92. The van der Waals surface area contributed by atoms with Crippen molar-refractivity contribution >= 4 is 11.2 Å². The molecule has 0 bridgehead atoms. The SMILES string of the molecule is N[C@@H]1C[C@H](n2cnc3cncnc32)O[C@@H]1CO. The van der Waals surface area contributed by atoms with Gasteiger partial charge in [-0.3, -0.25) is 4.57 Å². The number of nitrogens with two attached hydrogens (primary N) is 1. The minimum Gasteiger partial charge on any atom is -0.394 e. The number of fused-ring (bicyclic) bond motifs is 1. The van der Waals surface area contributed by atoms with E-state index in [2.05, 4.69) is 15.0 Å². The quantitative estimate of drug-likeness (QED) is 0.723. The average molecular weight is 235 g/mol. The highest BCUT2D eigenvalue weighted by molar-refractivity contribution is 5.68. The summed E-state index contributed by atoms with van der Waals surface area (Å²) in [6, 6.07) is -0.163. The number of hydrogen-bond acceptors (Lipinski definition) is 6. The third-order valence-corrected chi connectivity index (χ3v) is 3.01. The zero-order valence-corrected chi connectivity index (χ0v) is 9.10. The minimum atomic E-state index is -0.320. The van der Waals surface area contributed by atoms with E-state index in [4.69, 9.17) is 15.6 Å². The topological polar surface area (TPSA) is 99.1 Å². The van der Waals surface area contributed by atoms with Gasteiger partial charge in [-0.15, -0.1) is 0 Å². The third kappa shape index (κ3) is 1.68. The highest BCUT2D eigenvalue weighted by atomic mass is 16.5. The van der Waals surface area contributed by atoms with Crippen molar-refractivity contribution < 1.29 is 9.84 Å². The molecular formula is C10H13N5O2. The Bertz CT molecular complexity index is 528. The Kier molecular flexibility index (Phi) is 2.50. The second-order valence-electron chi connectivity index (χ2n) is 4.09. The molecule has 2 aromatic rings. The van der Waals surface area contributed by atoms with Gasteiger partial charge < -0.3 is 15.6 Å². The molecule has 0 saturated carbocycles. The van der Waals surface area contributed by atoms with E-state index in [1.807, 2.05) is 4.57 Å². The van der Waals surface area contributed by atoms with Crippen LogP contribution in [0.5, 0.6) is 0 Å². The molecule has 1 aliphatic rings. The molecule has 90 valence electrons. The molecule has 1 fully saturated rings. The number of aliphatic hydroxyl groups is 1. The third-order valence-electron chi connectivity index (χ3n) is 3.01. The smallest absolute Gasteiger partial charge is 0.165 e. The molecule has 2 aromatic heterocycles. The van der Waals surface area contributed by atoms with Gasteiger partial charge in [-0.05, 0) is 0 Å². The molecule has 0 unspecified atom stereocenters. The lowest BCUT2D eigenvalue weighted by Crippen LogP contribution is -2.32. The Labute approximate surface area is 97.3 Å². The summed E-state index contributed by atoms with van der Waals surface area (Å²) < 4.78 is 7.49. The van der Waals surface area contributed by atoms with Gasteiger partial charge in [0.15, 0.2) is 5.65 Å². The molecule has 3 N–H and O–H groups in total. The van der Waals surface area contributed by atoms with Gasteiger partial charge in [0, 0.05) is 12.5 Å². The zero-order chi connectivity index (χ0) is 11.8. The number of nitrogens with zero attached hydrogens (tertiary/aromatic N) is 4. The molecular weight excluding hydrogens is 222 g/mol. The van der Waals surface area contributed by atoms with Crippen LogP contribution in [0.2, 0.25) is 0 Å². The van der Waals surface area contributed by atoms with Crippen molar-refractivity contribution in [1.29, 1.82) is 0 Å². The van der Waals surface area contributed by atoms with Gasteiger partial charge in [-0.25, -0.2) is 15.0 Å². The molecule has 7 nitrogen and oxygen atoms in total. The molecule has 1 aliphatic heterocycles. The van der Waals surface area contributed by atoms with Crippen molar-refractivity contribution in [3.63, 3.8) is 0 Å². The van der Waals surface area contributed by atoms with E-state index in [-0.39, 0.29) is 25.0 Å². The van der Waals surface area contributed by atoms with Crippen LogP contribution in [0.3, 0.4) is 0 Å². The van der Waals surface area contributed by atoms with Crippen LogP contribution in [-0.2, 0) is 4.74 Å². The van der Waals surface area contributed by atoms with Crippen molar-refractivity contribution in [2.75, 3.05) is 6.61 Å². The summed E-state index contributed by atoms with van der Waals surface area (Å²) in [7, 11) is 0. The maximum absolute atomic E-state index is 9.11. The van der Waals surface area contributed by atoms with Crippen LogP contribution >= 0.6 is 0 Å². The summed E-state index contributed by atoms with van der Waals surface area (Å²) >= 11 is 0. The lowest BCUT2D eigenvalue weighted by molar-refractivity contribution is -0.0233. The molecule has 0 amide bonds. The maximum atomic E-state index is 9.11. The predicted octanol–water partition coefficient (Wildman–Crippen LogP) is -0.567. The summed E-state index contributed by atoms with van der Waals surface area (Å²) in [5.74, 6) is 0. The second kappa shape index (κ2) is 4.02. The molecule has 3 heterocycles. The monoisotopic (exact) mass is 235 g/mol. The largest absolute Gasteiger partial charge is 0.394 e. The fourth-order valence-corrected chi connectivity index (χ4v) is 2.10. The summed E-state index contributed by atoms with van der Waals surface area (Å²) in [5, 5.41) is 9.11. The number of aliphatic hydroxyl groups excluding tert-OH is 1. The number of imidazole rings is 1. The molecule has 0 aromatic carbocycles. The number of rotatable bonds is 2. The predicted molar refractivity (Wildman–Crippen MR) is 58.9 cm³/mol.